The summed E-state index contributed by atoms with van der Waals surface area (Å²) < 4.78 is 13.5. The first-order valence-corrected chi connectivity index (χ1v) is 6.34. The molecular formula is C14H21ClFN3. The Bertz CT molecular complexity index is 429. The number of piperazine rings is 1. The lowest BCUT2D eigenvalue weighted by molar-refractivity contribution is 0.348. The van der Waals surface area contributed by atoms with Gasteiger partial charge in [-0.15, -0.1) is 12.4 Å². The first-order chi connectivity index (χ1) is 8.72. The third kappa shape index (κ3) is 4.11. The van der Waals surface area contributed by atoms with Gasteiger partial charge in [0.1, 0.15) is 5.82 Å². The molecule has 1 aromatic rings. The topological polar surface area (TPSA) is 32.5 Å². The molecule has 0 amide bonds. The van der Waals surface area contributed by atoms with Crippen molar-refractivity contribution in [3.05, 3.63) is 41.9 Å². The van der Waals surface area contributed by atoms with Gasteiger partial charge in [0, 0.05) is 38.4 Å². The lowest BCUT2D eigenvalue weighted by Gasteiger charge is -2.35. The summed E-state index contributed by atoms with van der Waals surface area (Å²) in [7, 11) is 0. The molecule has 1 aliphatic heterocycles. The molecule has 0 saturated carbocycles. The van der Waals surface area contributed by atoms with Gasteiger partial charge in [-0.25, -0.2) is 4.39 Å². The molecular weight excluding hydrogens is 265 g/mol. The lowest BCUT2D eigenvalue weighted by Crippen LogP contribution is -2.44. The summed E-state index contributed by atoms with van der Waals surface area (Å²) in [6.45, 7) is 6.17. The quantitative estimate of drug-likeness (QED) is 0.925. The van der Waals surface area contributed by atoms with Crippen LogP contribution in [0, 0.1) is 5.82 Å². The van der Waals surface area contributed by atoms with Crippen LogP contribution >= 0.6 is 12.4 Å². The van der Waals surface area contributed by atoms with Gasteiger partial charge in [0.15, 0.2) is 0 Å². The maximum Gasteiger partial charge on any atom is 0.125 e. The molecule has 0 unspecified atom stereocenters. The average molecular weight is 286 g/mol. The number of allylic oxidation sites excluding steroid dienone is 1. The molecule has 1 saturated heterocycles. The SMILES string of the molecule is C/C=C/N1CCN(c2cc(F)cc(CN)c2)CC1.Cl. The number of benzene rings is 1. The Hall–Kier alpha value is -1.26. The highest BCUT2D eigenvalue weighted by atomic mass is 35.5. The van der Waals surface area contributed by atoms with Gasteiger partial charge in [-0.2, -0.15) is 0 Å². The lowest BCUT2D eigenvalue weighted by atomic mass is 10.1. The second-order valence-electron chi connectivity index (χ2n) is 4.53. The van der Waals surface area contributed by atoms with E-state index >= 15 is 0 Å². The van der Waals surface area contributed by atoms with Crippen molar-refractivity contribution in [3.63, 3.8) is 0 Å². The number of nitrogens with two attached hydrogens (primary N) is 1. The van der Waals surface area contributed by atoms with E-state index in [1.165, 1.54) is 6.07 Å². The van der Waals surface area contributed by atoms with E-state index in [-0.39, 0.29) is 18.2 Å². The number of hydrogen-bond acceptors (Lipinski definition) is 3. The van der Waals surface area contributed by atoms with E-state index in [4.69, 9.17) is 5.73 Å². The van der Waals surface area contributed by atoms with Crippen LogP contribution < -0.4 is 10.6 Å². The van der Waals surface area contributed by atoms with E-state index in [1.807, 2.05) is 19.1 Å². The van der Waals surface area contributed by atoms with Crippen LogP contribution in [-0.4, -0.2) is 31.1 Å². The molecule has 0 spiro atoms. The van der Waals surface area contributed by atoms with Crippen molar-refractivity contribution in [2.75, 3.05) is 31.1 Å². The maximum atomic E-state index is 13.5. The van der Waals surface area contributed by atoms with E-state index in [0.717, 1.165) is 37.4 Å². The fraction of sp³-hybridized carbons (Fsp3) is 0.429. The Labute approximate surface area is 120 Å². The van der Waals surface area contributed by atoms with Gasteiger partial charge in [-0.05, 0) is 36.9 Å². The van der Waals surface area contributed by atoms with Crippen LogP contribution in [0.15, 0.2) is 30.5 Å². The average Bonchev–Trinajstić information content (AvgIpc) is 2.39. The van der Waals surface area contributed by atoms with Crippen molar-refractivity contribution in [2.24, 2.45) is 5.73 Å². The monoisotopic (exact) mass is 285 g/mol. The largest absolute Gasteiger partial charge is 0.374 e. The predicted molar refractivity (Wildman–Crippen MR) is 80.1 cm³/mol. The van der Waals surface area contributed by atoms with Gasteiger partial charge < -0.3 is 15.5 Å². The molecule has 1 aliphatic rings. The third-order valence-electron chi connectivity index (χ3n) is 3.22. The molecule has 0 radical (unpaired) electrons. The molecule has 1 heterocycles. The van der Waals surface area contributed by atoms with Crippen molar-refractivity contribution < 1.29 is 4.39 Å². The van der Waals surface area contributed by atoms with Crippen LogP contribution in [0.4, 0.5) is 10.1 Å². The maximum absolute atomic E-state index is 13.5. The summed E-state index contributed by atoms with van der Waals surface area (Å²) in [5.41, 5.74) is 7.36. The van der Waals surface area contributed by atoms with Crippen molar-refractivity contribution in [3.8, 4) is 0 Å². The summed E-state index contributed by atoms with van der Waals surface area (Å²) in [6.07, 6.45) is 4.15. The predicted octanol–water partition coefficient (Wildman–Crippen LogP) is 2.36. The van der Waals surface area contributed by atoms with E-state index in [1.54, 1.807) is 6.07 Å². The Morgan fingerprint density at radius 2 is 1.89 bits per heavy atom. The molecule has 1 fully saturated rings. The molecule has 106 valence electrons. The summed E-state index contributed by atoms with van der Waals surface area (Å²) >= 11 is 0. The van der Waals surface area contributed by atoms with Crippen LogP contribution in [0.3, 0.4) is 0 Å². The van der Waals surface area contributed by atoms with Crippen molar-refractivity contribution >= 4 is 18.1 Å². The van der Waals surface area contributed by atoms with Crippen LogP contribution in [0.25, 0.3) is 0 Å². The van der Waals surface area contributed by atoms with Gasteiger partial charge in [0.05, 0.1) is 0 Å². The Morgan fingerprint density at radius 1 is 1.21 bits per heavy atom. The van der Waals surface area contributed by atoms with Gasteiger partial charge >= 0.3 is 0 Å². The zero-order valence-electron chi connectivity index (χ0n) is 11.2. The number of nitrogens with zero attached hydrogens (tertiary/aromatic N) is 2. The number of anilines is 1. The van der Waals surface area contributed by atoms with Gasteiger partial charge in [-0.1, -0.05) is 6.08 Å². The van der Waals surface area contributed by atoms with Crippen molar-refractivity contribution in [2.45, 2.75) is 13.5 Å². The molecule has 5 heteroatoms. The second kappa shape index (κ2) is 7.36. The number of halogens is 2. The van der Waals surface area contributed by atoms with Crippen molar-refractivity contribution in [1.82, 2.24) is 4.90 Å². The van der Waals surface area contributed by atoms with E-state index in [2.05, 4.69) is 16.0 Å². The summed E-state index contributed by atoms with van der Waals surface area (Å²) in [6, 6.07) is 5.07. The Morgan fingerprint density at radius 3 is 2.47 bits per heavy atom. The van der Waals surface area contributed by atoms with Crippen LogP contribution in [-0.2, 0) is 6.54 Å². The highest BCUT2D eigenvalue weighted by Crippen LogP contribution is 2.20. The third-order valence-corrected chi connectivity index (χ3v) is 3.22. The van der Waals surface area contributed by atoms with E-state index in [0.29, 0.717) is 6.54 Å². The second-order valence-corrected chi connectivity index (χ2v) is 4.53. The first-order valence-electron chi connectivity index (χ1n) is 6.34. The zero-order valence-corrected chi connectivity index (χ0v) is 12.0. The smallest absolute Gasteiger partial charge is 0.125 e. The van der Waals surface area contributed by atoms with Gasteiger partial charge in [0.2, 0.25) is 0 Å². The van der Waals surface area contributed by atoms with E-state index in [9.17, 15) is 4.39 Å². The number of hydrogen-bond donors (Lipinski definition) is 1. The molecule has 0 bridgehead atoms. The van der Waals surface area contributed by atoms with Crippen LogP contribution in [0.5, 0.6) is 0 Å². The molecule has 19 heavy (non-hydrogen) atoms. The molecule has 2 rings (SSSR count). The Kier molecular flexibility index (Phi) is 6.12. The minimum atomic E-state index is -0.205. The molecule has 0 aromatic heterocycles. The Balaban J connectivity index is 0.00000180. The normalized spacial score (nSPS) is 15.7. The zero-order chi connectivity index (χ0) is 13.0. The standard InChI is InChI=1S/C14H20FN3.ClH/c1-2-3-17-4-6-18(7-5-17)14-9-12(11-16)8-13(15)10-14;/h2-3,8-10H,4-7,11,16H2,1H3;1H/b3-2+;. The highest BCUT2D eigenvalue weighted by molar-refractivity contribution is 5.85. The molecule has 1 aromatic carbocycles. The number of rotatable bonds is 3. The summed E-state index contributed by atoms with van der Waals surface area (Å²) in [5, 5.41) is 0. The van der Waals surface area contributed by atoms with Crippen molar-refractivity contribution in [1.29, 1.82) is 0 Å². The van der Waals surface area contributed by atoms with Crippen LogP contribution in [0.2, 0.25) is 0 Å². The van der Waals surface area contributed by atoms with Gasteiger partial charge in [-0.3, -0.25) is 0 Å². The molecule has 0 aliphatic carbocycles. The fourth-order valence-corrected chi connectivity index (χ4v) is 2.27. The molecule has 2 N–H and O–H groups in total. The molecule has 0 atom stereocenters. The first kappa shape index (κ1) is 15.8. The molecule has 3 nitrogen and oxygen atoms in total. The summed E-state index contributed by atoms with van der Waals surface area (Å²) in [4.78, 5) is 4.49. The fourth-order valence-electron chi connectivity index (χ4n) is 2.27. The van der Waals surface area contributed by atoms with Crippen LogP contribution in [0.1, 0.15) is 12.5 Å². The summed E-state index contributed by atoms with van der Waals surface area (Å²) in [5.74, 6) is -0.205. The minimum absolute atomic E-state index is 0. The van der Waals surface area contributed by atoms with Gasteiger partial charge in [0.25, 0.3) is 0 Å². The van der Waals surface area contributed by atoms with E-state index < -0.39 is 0 Å². The minimum Gasteiger partial charge on any atom is -0.374 e. The highest BCUT2D eigenvalue weighted by Gasteiger charge is 2.15.